The van der Waals surface area contributed by atoms with Gasteiger partial charge in [0.25, 0.3) is 0 Å². The van der Waals surface area contributed by atoms with Crippen LogP contribution < -0.4 is 10.6 Å². The fourth-order valence-electron chi connectivity index (χ4n) is 2.73. The number of halogens is 1. The summed E-state index contributed by atoms with van der Waals surface area (Å²) in [4.78, 5) is 10.6. The van der Waals surface area contributed by atoms with Gasteiger partial charge in [-0.3, -0.25) is 4.99 Å². The molecule has 142 valence electrons. The summed E-state index contributed by atoms with van der Waals surface area (Å²) in [7, 11) is 4.04. The van der Waals surface area contributed by atoms with Gasteiger partial charge >= 0.3 is 0 Å². The second-order valence-corrected chi connectivity index (χ2v) is 7.25. The Kier molecular flexibility index (Phi) is 12.3. The lowest BCUT2D eigenvalue weighted by Gasteiger charge is -2.21. The van der Waals surface area contributed by atoms with Gasteiger partial charge < -0.3 is 20.4 Å². The first-order valence-corrected chi connectivity index (χ1v) is 9.80. The maximum Gasteiger partial charge on any atom is 0.191 e. The first-order chi connectivity index (χ1) is 11.8. The third kappa shape index (κ3) is 9.67. The summed E-state index contributed by atoms with van der Waals surface area (Å²) in [5, 5.41) is 6.81. The number of guanidine groups is 1. The average Bonchev–Trinajstić information content (AvgIpc) is 2.82. The predicted octanol–water partition coefficient (Wildman–Crippen LogP) is 2.20. The van der Waals surface area contributed by atoms with Crippen molar-refractivity contribution in [2.45, 2.75) is 11.3 Å². The fraction of sp³-hybridized carbons (Fsp3) is 0.611. The van der Waals surface area contributed by atoms with Crippen molar-refractivity contribution in [2.75, 3.05) is 65.7 Å². The lowest BCUT2D eigenvalue weighted by atomic mass is 10.4. The van der Waals surface area contributed by atoms with Crippen LogP contribution in [0.1, 0.15) is 6.42 Å². The molecule has 2 rings (SSSR count). The molecule has 25 heavy (non-hydrogen) atoms. The van der Waals surface area contributed by atoms with E-state index in [4.69, 9.17) is 0 Å². The number of benzene rings is 1. The first kappa shape index (κ1) is 22.5. The van der Waals surface area contributed by atoms with Crippen LogP contribution in [0.2, 0.25) is 0 Å². The van der Waals surface area contributed by atoms with Crippen LogP contribution in [-0.2, 0) is 0 Å². The van der Waals surface area contributed by atoms with Crippen LogP contribution in [0.15, 0.2) is 40.2 Å². The zero-order valence-electron chi connectivity index (χ0n) is 15.4. The Bertz CT molecular complexity index is 486. The van der Waals surface area contributed by atoms with Gasteiger partial charge in [-0.25, -0.2) is 0 Å². The maximum absolute atomic E-state index is 4.30. The van der Waals surface area contributed by atoms with Crippen molar-refractivity contribution in [3.05, 3.63) is 30.3 Å². The summed E-state index contributed by atoms with van der Waals surface area (Å²) in [6, 6.07) is 10.5. The summed E-state index contributed by atoms with van der Waals surface area (Å²) in [5.41, 5.74) is 0. The molecule has 0 amide bonds. The van der Waals surface area contributed by atoms with Crippen molar-refractivity contribution in [1.29, 1.82) is 0 Å². The van der Waals surface area contributed by atoms with E-state index >= 15 is 0 Å². The van der Waals surface area contributed by atoms with Gasteiger partial charge in [-0.05, 0) is 38.7 Å². The molecule has 0 unspecified atom stereocenters. The number of rotatable bonds is 7. The standard InChI is InChI=1S/C18H31N5S.HI/c1-19-18(21-10-16-24-17-7-4-3-5-8-17)20-9-13-23-12-6-11-22(2)14-15-23;/h3-5,7-8H,6,9-16H2,1-2H3,(H2,19,20,21);1H. The molecule has 1 saturated heterocycles. The highest BCUT2D eigenvalue weighted by molar-refractivity contribution is 14.0. The minimum absolute atomic E-state index is 0. The van der Waals surface area contributed by atoms with Crippen molar-refractivity contribution in [1.82, 2.24) is 20.4 Å². The molecular formula is C18H32IN5S. The lowest BCUT2D eigenvalue weighted by Crippen LogP contribution is -2.42. The third-order valence-electron chi connectivity index (χ3n) is 4.16. The van der Waals surface area contributed by atoms with E-state index in [2.05, 4.69) is 62.8 Å². The number of thioether (sulfide) groups is 1. The van der Waals surface area contributed by atoms with Gasteiger partial charge in [-0.15, -0.1) is 35.7 Å². The number of hydrogen-bond acceptors (Lipinski definition) is 4. The second-order valence-electron chi connectivity index (χ2n) is 6.09. The van der Waals surface area contributed by atoms with Crippen molar-refractivity contribution in [3.8, 4) is 0 Å². The number of aliphatic imine (C=N–C) groups is 1. The molecule has 7 heteroatoms. The topological polar surface area (TPSA) is 42.9 Å². The molecule has 0 aromatic heterocycles. The zero-order valence-corrected chi connectivity index (χ0v) is 18.6. The highest BCUT2D eigenvalue weighted by atomic mass is 127. The lowest BCUT2D eigenvalue weighted by molar-refractivity contribution is 0.280. The van der Waals surface area contributed by atoms with Gasteiger partial charge in [0.1, 0.15) is 0 Å². The van der Waals surface area contributed by atoms with Gasteiger partial charge in [-0.1, -0.05) is 18.2 Å². The van der Waals surface area contributed by atoms with Crippen molar-refractivity contribution in [3.63, 3.8) is 0 Å². The second kappa shape index (κ2) is 13.7. The molecule has 0 bridgehead atoms. The van der Waals surface area contributed by atoms with E-state index in [1.807, 2.05) is 18.8 Å². The number of likely N-dealkylation sites (N-methyl/N-ethyl adjacent to an activating group) is 1. The van der Waals surface area contributed by atoms with Crippen LogP contribution in [-0.4, -0.2) is 81.4 Å². The van der Waals surface area contributed by atoms with Crippen LogP contribution >= 0.6 is 35.7 Å². The maximum atomic E-state index is 4.30. The van der Waals surface area contributed by atoms with E-state index in [-0.39, 0.29) is 24.0 Å². The summed E-state index contributed by atoms with van der Waals surface area (Å²) in [5.74, 6) is 1.93. The Hall–Kier alpha value is -0.510. The summed E-state index contributed by atoms with van der Waals surface area (Å²) in [6.45, 7) is 7.68. The Morgan fingerprint density at radius 2 is 1.84 bits per heavy atom. The summed E-state index contributed by atoms with van der Waals surface area (Å²) >= 11 is 1.86. The highest BCUT2D eigenvalue weighted by Crippen LogP contribution is 2.15. The molecule has 2 N–H and O–H groups in total. The molecule has 1 aromatic carbocycles. The molecule has 0 saturated carbocycles. The van der Waals surface area contributed by atoms with Crippen LogP contribution in [0.4, 0.5) is 0 Å². The average molecular weight is 477 g/mol. The van der Waals surface area contributed by atoms with Crippen molar-refractivity contribution >= 4 is 41.7 Å². The molecule has 1 aliphatic heterocycles. The normalized spacial score (nSPS) is 16.8. The molecule has 1 aliphatic rings. The molecule has 1 heterocycles. The van der Waals surface area contributed by atoms with Crippen LogP contribution in [0.25, 0.3) is 0 Å². The quantitative estimate of drug-likeness (QED) is 0.207. The number of nitrogens with zero attached hydrogens (tertiary/aromatic N) is 3. The minimum Gasteiger partial charge on any atom is -0.356 e. The van der Waals surface area contributed by atoms with E-state index in [1.54, 1.807) is 0 Å². The van der Waals surface area contributed by atoms with E-state index in [0.29, 0.717) is 0 Å². The van der Waals surface area contributed by atoms with Crippen LogP contribution in [0.5, 0.6) is 0 Å². The predicted molar refractivity (Wildman–Crippen MR) is 120 cm³/mol. The smallest absolute Gasteiger partial charge is 0.191 e. The Morgan fingerprint density at radius 3 is 2.60 bits per heavy atom. The Balaban J connectivity index is 0.00000312. The molecular weight excluding hydrogens is 445 g/mol. The van der Waals surface area contributed by atoms with Gasteiger partial charge in [0.05, 0.1) is 0 Å². The van der Waals surface area contributed by atoms with Crippen LogP contribution in [0.3, 0.4) is 0 Å². The van der Waals surface area contributed by atoms with Crippen molar-refractivity contribution in [2.24, 2.45) is 4.99 Å². The van der Waals surface area contributed by atoms with Gasteiger partial charge in [0.15, 0.2) is 5.96 Å². The number of hydrogen-bond donors (Lipinski definition) is 2. The molecule has 5 nitrogen and oxygen atoms in total. The molecule has 0 spiro atoms. The monoisotopic (exact) mass is 477 g/mol. The van der Waals surface area contributed by atoms with E-state index in [1.165, 1.54) is 31.0 Å². The number of nitrogens with one attached hydrogen (secondary N) is 2. The van der Waals surface area contributed by atoms with E-state index in [9.17, 15) is 0 Å². The zero-order chi connectivity index (χ0) is 17.0. The first-order valence-electron chi connectivity index (χ1n) is 8.81. The van der Waals surface area contributed by atoms with Gasteiger partial charge in [0, 0.05) is 50.4 Å². The molecule has 0 atom stereocenters. The van der Waals surface area contributed by atoms with Crippen molar-refractivity contribution < 1.29 is 0 Å². The summed E-state index contributed by atoms with van der Waals surface area (Å²) < 4.78 is 0. The van der Waals surface area contributed by atoms with Gasteiger partial charge in [-0.2, -0.15) is 0 Å². The molecule has 1 fully saturated rings. The largest absolute Gasteiger partial charge is 0.356 e. The minimum atomic E-state index is 0. The third-order valence-corrected chi connectivity index (χ3v) is 5.18. The fourth-order valence-corrected chi connectivity index (χ4v) is 3.52. The van der Waals surface area contributed by atoms with Gasteiger partial charge in [0.2, 0.25) is 0 Å². The SMILES string of the molecule is CN=C(NCCSc1ccccc1)NCCN1CCCN(C)CC1.I. The highest BCUT2D eigenvalue weighted by Gasteiger charge is 2.11. The van der Waals surface area contributed by atoms with E-state index in [0.717, 1.165) is 37.9 Å². The molecule has 0 aliphatic carbocycles. The molecule has 1 aromatic rings. The Labute approximate surface area is 174 Å². The Morgan fingerprint density at radius 1 is 1.08 bits per heavy atom. The molecule has 0 radical (unpaired) electrons. The van der Waals surface area contributed by atoms with Crippen LogP contribution in [0, 0.1) is 0 Å². The summed E-state index contributed by atoms with van der Waals surface area (Å²) in [6.07, 6.45) is 1.26. The van der Waals surface area contributed by atoms with E-state index < -0.39 is 0 Å².